The quantitative estimate of drug-likeness (QED) is 0.784. The van der Waals surface area contributed by atoms with E-state index in [0.717, 1.165) is 32.5 Å². The maximum absolute atomic E-state index is 11.0. The topological polar surface area (TPSA) is 72.4 Å². The maximum atomic E-state index is 11.0. The summed E-state index contributed by atoms with van der Waals surface area (Å²) in [5.74, 6) is 0.325. The predicted molar refractivity (Wildman–Crippen MR) is 88.9 cm³/mol. The van der Waals surface area contributed by atoms with E-state index in [1.807, 2.05) is 18.2 Å². The first-order chi connectivity index (χ1) is 10.1. The Bertz CT molecular complexity index is 484. The highest BCUT2D eigenvalue weighted by atomic mass is 32.1. The zero-order valence-corrected chi connectivity index (χ0v) is 13.0. The van der Waals surface area contributed by atoms with E-state index in [9.17, 15) is 4.79 Å². The van der Waals surface area contributed by atoms with E-state index in [1.54, 1.807) is 0 Å². The molecule has 1 aliphatic rings. The molecule has 0 radical (unpaired) electrons. The lowest BCUT2D eigenvalue weighted by molar-refractivity contribution is -0.119. The highest BCUT2D eigenvalue weighted by Gasteiger charge is 2.24. The second-order valence-electron chi connectivity index (χ2n) is 5.78. The monoisotopic (exact) mass is 305 g/mol. The minimum Gasteiger partial charge on any atom is -0.393 e. The van der Waals surface area contributed by atoms with Crippen LogP contribution in [0.15, 0.2) is 30.3 Å². The summed E-state index contributed by atoms with van der Waals surface area (Å²) in [6.07, 6.45) is 2.54. The van der Waals surface area contributed by atoms with Gasteiger partial charge in [-0.2, -0.15) is 0 Å². The summed E-state index contributed by atoms with van der Waals surface area (Å²) < 4.78 is 0. The Morgan fingerprint density at radius 2 is 1.86 bits per heavy atom. The number of carbonyl (C=O) groups excluding carboxylic acids is 1. The number of nitrogens with zero attached hydrogens (tertiary/aromatic N) is 1. The number of carbonyl (C=O) groups is 1. The number of amides is 1. The third kappa shape index (κ3) is 4.79. The molecule has 1 aromatic rings. The Balaban J connectivity index is 1.91. The molecular formula is C16H23N3OS. The summed E-state index contributed by atoms with van der Waals surface area (Å²) >= 11 is 5.24. The van der Waals surface area contributed by atoms with Gasteiger partial charge in [0.25, 0.3) is 0 Å². The number of piperidine rings is 1. The fourth-order valence-corrected chi connectivity index (χ4v) is 3.17. The van der Waals surface area contributed by atoms with Crippen molar-refractivity contribution in [2.24, 2.45) is 17.4 Å². The van der Waals surface area contributed by atoms with Crippen LogP contribution in [0.5, 0.6) is 0 Å². The first-order valence-electron chi connectivity index (χ1n) is 7.41. The van der Waals surface area contributed by atoms with Crippen molar-refractivity contribution in [3.63, 3.8) is 0 Å². The number of hydrogen-bond acceptors (Lipinski definition) is 3. The fraction of sp³-hybridized carbons (Fsp3) is 0.500. The molecule has 1 saturated heterocycles. The molecule has 21 heavy (non-hydrogen) atoms. The molecule has 0 aromatic heterocycles. The largest absolute Gasteiger partial charge is 0.393 e. The number of rotatable bonds is 6. The van der Waals surface area contributed by atoms with E-state index in [1.165, 1.54) is 5.56 Å². The Hall–Kier alpha value is -1.46. The molecule has 4 nitrogen and oxygen atoms in total. The van der Waals surface area contributed by atoms with Gasteiger partial charge in [0.1, 0.15) is 0 Å². The van der Waals surface area contributed by atoms with Crippen LogP contribution in [0.1, 0.15) is 30.7 Å². The normalized spacial score (nSPS) is 18.3. The van der Waals surface area contributed by atoms with Crippen molar-refractivity contribution in [1.82, 2.24) is 4.90 Å². The highest BCUT2D eigenvalue weighted by Crippen LogP contribution is 2.24. The van der Waals surface area contributed by atoms with E-state index in [2.05, 4.69) is 17.0 Å². The molecule has 1 aliphatic heterocycles. The second kappa shape index (κ2) is 7.52. The number of thiocarbonyl (C=S) groups is 1. The molecule has 2 rings (SSSR count). The fourth-order valence-electron chi connectivity index (χ4n) is 2.96. The van der Waals surface area contributed by atoms with Crippen molar-refractivity contribution in [3.05, 3.63) is 35.9 Å². The standard InChI is InChI=1S/C16H23N3OS/c17-15(20)10-12-6-8-19(9-7-12)11-14(16(18)21)13-4-2-1-3-5-13/h1-5,12,14H,6-11H2,(H2,17,20)(H2,18,21). The lowest BCUT2D eigenvalue weighted by atomic mass is 9.91. The number of nitrogens with two attached hydrogens (primary N) is 2. The highest BCUT2D eigenvalue weighted by molar-refractivity contribution is 7.80. The van der Waals surface area contributed by atoms with Crippen molar-refractivity contribution in [2.45, 2.75) is 25.2 Å². The lowest BCUT2D eigenvalue weighted by Gasteiger charge is -2.33. The van der Waals surface area contributed by atoms with Gasteiger partial charge in [-0.15, -0.1) is 0 Å². The molecule has 0 spiro atoms. The lowest BCUT2D eigenvalue weighted by Crippen LogP contribution is -2.40. The van der Waals surface area contributed by atoms with Crippen LogP contribution in [-0.2, 0) is 4.79 Å². The van der Waals surface area contributed by atoms with Gasteiger partial charge in [0.05, 0.1) is 4.99 Å². The van der Waals surface area contributed by atoms with Crippen LogP contribution in [0, 0.1) is 5.92 Å². The van der Waals surface area contributed by atoms with Crippen LogP contribution >= 0.6 is 12.2 Å². The van der Waals surface area contributed by atoms with Crippen LogP contribution < -0.4 is 11.5 Å². The first-order valence-corrected chi connectivity index (χ1v) is 7.82. The number of benzene rings is 1. The third-order valence-corrected chi connectivity index (χ3v) is 4.47. The Kier molecular flexibility index (Phi) is 5.70. The summed E-state index contributed by atoms with van der Waals surface area (Å²) in [4.78, 5) is 13.9. The molecule has 5 heteroatoms. The van der Waals surface area contributed by atoms with Gasteiger partial charge in [-0.1, -0.05) is 42.5 Å². The van der Waals surface area contributed by atoms with Gasteiger partial charge in [-0.3, -0.25) is 4.79 Å². The third-order valence-electron chi connectivity index (χ3n) is 4.18. The maximum Gasteiger partial charge on any atom is 0.217 e. The molecule has 1 atom stereocenters. The number of likely N-dealkylation sites (tertiary alicyclic amines) is 1. The molecule has 1 amide bonds. The van der Waals surface area contributed by atoms with E-state index in [0.29, 0.717) is 17.3 Å². The zero-order valence-electron chi connectivity index (χ0n) is 12.2. The van der Waals surface area contributed by atoms with Gasteiger partial charge in [0, 0.05) is 18.9 Å². The van der Waals surface area contributed by atoms with E-state index in [-0.39, 0.29) is 11.8 Å². The molecule has 1 aromatic carbocycles. The average molecular weight is 305 g/mol. The SMILES string of the molecule is NC(=O)CC1CCN(CC(C(N)=S)c2ccccc2)CC1. The Morgan fingerprint density at radius 3 is 2.38 bits per heavy atom. The summed E-state index contributed by atoms with van der Waals surface area (Å²) in [5.41, 5.74) is 12.4. The van der Waals surface area contributed by atoms with Gasteiger partial charge in [-0.25, -0.2) is 0 Å². The molecule has 0 saturated carbocycles. The van der Waals surface area contributed by atoms with Crippen molar-refractivity contribution < 1.29 is 4.79 Å². The van der Waals surface area contributed by atoms with E-state index >= 15 is 0 Å². The van der Waals surface area contributed by atoms with Crippen molar-refractivity contribution >= 4 is 23.1 Å². The van der Waals surface area contributed by atoms with E-state index < -0.39 is 0 Å². The smallest absolute Gasteiger partial charge is 0.217 e. The minimum atomic E-state index is -0.196. The number of primary amides is 1. The number of hydrogen-bond donors (Lipinski definition) is 2. The summed E-state index contributed by atoms with van der Waals surface area (Å²) in [7, 11) is 0. The van der Waals surface area contributed by atoms with Crippen LogP contribution in [0.2, 0.25) is 0 Å². The zero-order chi connectivity index (χ0) is 15.2. The van der Waals surface area contributed by atoms with Crippen LogP contribution in [0.4, 0.5) is 0 Å². The summed E-state index contributed by atoms with van der Waals surface area (Å²) in [6.45, 7) is 2.80. The van der Waals surface area contributed by atoms with Crippen LogP contribution in [0.25, 0.3) is 0 Å². The van der Waals surface area contributed by atoms with Gasteiger partial charge in [0.15, 0.2) is 0 Å². The average Bonchev–Trinajstić information content (AvgIpc) is 2.46. The summed E-state index contributed by atoms with van der Waals surface area (Å²) in [6, 6.07) is 10.2. The molecule has 1 heterocycles. The van der Waals surface area contributed by atoms with Crippen molar-refractivity contribution in [1.29, 1.82) is 0 Å². The second-order valence-corrected chi connectivity index (χ2v) is 6.25. The van der Waals surface area contributed by atoms with Crippen molar-refractivity contribution in [3.8, 4) is 0 Å². The Morgan fingerprint density at radius 1 is 1.24 bits per heavy atom. The molecule has 1 unspecified atom stereocenters. The van der Waals surface area contributed by atoms with Gasteiger partial charge in [0.2, 0.25) is 5.91 Å². The van der Waals surface area contributed by atoms with Gasteiger partial charge < -0.3 is 16.4 Å². The van der Waals surface area contributed by atoms with Gasteiger partial charge >= 0.3 is 0 Å². The minimum absolute atomic E-state index is 0.0916. The predicted octanol–water partition coefficient (Wildman–Crippen LogP) is 1.64. The molecule has 4 N–H and O–H groups in total. The van der Waals surface area contributed by atoms with Crippen LogP contribution in [0.3, 0.4) is 0 Å². The molecular weight excluding hydrogens is 282 g/mol. The Labute approximate surface area is 131 Å². The summed E-state index contributed by atoms with van der Waals surface area (Å²) in [5, 5.41) is 0. The van der Waals surface area contributed by atoms with Crippen LogP contribution in [-0.4, -0.2) is 35.4 Å². The molecule has 1 fully saturated rings. The first kappa shape index (κ1) is 15.9. The van der Waals surface area contributed by atoms with Crippen molar-refractivity contribution in [2.75, 3.05) is 19.6 Å². The molecule has 114 valence electrons. The molecule has 0 bridgehead atoms. The van der Waals surface area contributed by atoms with E-state index in [4.69, 9.17) is 23.7 Å². The molecule has 0 aliphatic carbocycles. The van der Waals surface area contributed by atoms with Gasteiger partial charge in [-0.05, 0) is 37.4 Å².